The topological polar surface area (TPSA) is 57.9 Å². The number of aromatic nitrogens is 1. The molecule has 0 unspecified atom stereocenters. The molecule has 0 saturated carbocycles. The van der Waals surface area contributed by atoms with Crippen molar-refractivity contribution in [1.82, 2.24) is 4.98 Å². The Morgan fingerprint density at radius 1 is 0.686 bits per heavy atom. The largest absolute Gasteiger partial charge is 0.457 e. The molecule has 1 aromatic heterocycles. The molecule has 0 fully saturated rings. The van der Waals surface area contributed by atoms with Gasteiger partial charge < -0.3 is 10.1 Å². The molecule has 0 saturated heterocycles. The molecular formula is C30H20ClN3O. The number of benzene rings is 4. The van der Waals surface area contributed by atoms with Gasteiger partial charge in [0.25, 0.3) is 0 Å². The van der Waals surface area contributed by atoms with Crippen LogP contribution in [0, 0.1) is 11.3 Å². The second-order valence-electron chi connectivity index (χ2n) is 7.83. The SMILES string of the molecule is N#Cc1c(Cl)cc(-c2ccc(Nc3ccccc3)cc2)nc1-c1ccc(Oc2ccccc2)cc1. The number of nitrogens with zero attached hydrogens (tertiary/aromatic N) is 2. The zero-order valence-corrected chi connectivity index (χ0v) is 19.4. The molecule has 4 nitrogen and oxygen atoms in total. The number of nitrogens with one attached hydrogen (secondary N) is 1. The van der Waals surface area contributed by atoms with Crippen molar-refractivity contribution in [3.05, 3.63) is 126 Å². The van der Waals surface area contributed by atoms with Gasteiger partial charge in [-0.15, -0.1) is 0 Å². The van der Waals surface area contributed by atoms with Crippen LogP contribution in [0.2, 0.25) is 5.02 Å². The van der Waals surface area contributed by atoms with Crippen LogP contribution in [-0.4, -0.2) is 4.98 Å². The average Bonchev–Trinajstić information content (AvgIpc) is 2.90. The Morgan fingerprint density at radius 2 is 1.26 bits per heavy atom. The number of halogens is 1. The van der Waals surface area contributed by atoms with E-state index < -0.39 is 0 Å². The molecule has 4 aromatic carbocycles. The van der Waals surface area contributed by atoms with Crippen molar-refractivity contribution in [2.24, 2.45) is 0 Å². The molecule has 1 N–H and O–H groups in total. The molecule has 0 radical (unpaired) electrons. The van der Waals surface area contributed by atoms with Crippen LogP contribution in [0.3, 0.4) is 0 Å². The van der Waals surface area contributed by atoms with E-state index in [0.717, 1.165) is 28.3 Å². The van der Waals surface area contributed by atoms with Crippen molar-refractivity contribution < 1.29 is 4.74 Å². The third-order valence-electron chi connectivity index (χ3n) is 5.43. The summed E-state index contributed by atoms with van der Waals surface area (Å²) in [7, 11) is 0. The molecule has 0 atom stereocenters. The zero-order valence-electron chi connectivity index (χ0n) is 18.7. The second kappa shape index (κ2) is 10.1. The fourth-order valence-corrected chi connectivity index (χ4v) is 3.93. The van der Waals surface area contributed by atoms with Gasteiger partial charge in [0.1, 0.15) is 17.6 Å². The van der Waals surface area contributed by atoms with Crippen molar-refractivity contribution in [3.8, 4) is 40.1 Å². The van der Waals surface area contributed by atoms with Crippen LogP contribution in [0.5, 0.6) is 11.5 Å². The molecule has 5 aromatic rings. The summed E-state index contributed by atoms with van der Waals surface area (Å²) in [6.07, 6.45) is 0. The molecule has 1 heterocycles. The Morgan fingerprint density at radius 3 is 1.91 bits per heavy atom. The molecule has 0 spiro atoms. The Kier molecular flexibility index (Phi) is 6.43. The van der Waals surface area contributed by atoms with Crippen LogP contribution in [0.1, 0.15) is 5.56 Å². The molecule has 0 aliphatic heterocycles. The molecule has 0 bridgehead atoms. The lowest BCUT2D eigenvalue weighted by Gasteiger charge is -2.11. The summed E-state index contributed by atoms with van der Waals surface area (Å²) in [4.78, 5) is 4.80. The maximum Gasteiger partial charge on any atom is 0.127 e. The van der Waals surface area contributed by atoms with Gasteiger partial charge in [0.15, 0.2) is 0 Å². The lowest BCUT2D eigenvalue weighted by atomic mass is 10.0. The monoisotopic (exact) mass is 473 g/mol. The van der Waals surface area contributed by atoms with E-state index in [1.807, 2.05) is 109 Å². The maximum atomic E-state index is 9.74. The van der Waals surface area contributed by atoms with Gasteiger partial charge in [-0.3, -0.25) is 0 Å². The first-order chi connectivity index (χ1) is 17.2. The molecule has 0 aliphatic rings. The lowest BCUT2D eigenvalue weighted by molar-refractivity contribution is 0.483. The number of para-hydroxylation sites is 2. The van der Waals surface area contributed by atoms with Gasteiger partial charge in [0.05, 0.1) is 22.0 Å². The number of hydrogen-bond acceptors (Lipinski definition) is 4. The maximum absolute atomic E-state index is 9.74. The number of ether oxygens (including phenoxy) is 1. The molecule has 35 heavy (non-hydrogen) atoms. The summed E-state index contributed by atoms with van der Waals surface area (Å²) >= 11 is 6.51. The fourth-order valence-electron chi connectivity index (χ4n) is 3.70. The predicted octanol–water partition coefficient (Wildman–Crippen LogP) is 8.48. The zero-order chi connectivity index (χ0) is 24.0. The van der Waals surface area contributed by atoms with Crippen LogP contribution < -0.4 is 10.1 Å². The molecule has 5 rings (SSSR count). The highest BCUT2D eigenvalue weighted by Gasteiger charge is 2.15. The van der Waals surface area contributed by atoms with E-state index in [4.69, 9.17) is 21.3 Å². The molecule has 168 valence electrons. The Balaban J connectivity index is 1.43. The molecule has 0 amide bonds. The highest BCUT2D eigenvalue weighted by molar-refractivity contribution is 6.32. The second-order valence-corrected chi connectivity index (χ2v) is 8.24. The van der Waals surface area contributed by atoms with E-state index in [2.05, 4.69) is 11.4 Å². The van der Waals surface area contributed by atoms with E-state index in [1.165, 1.54) is 0 Å². The van der Waals surface area contributed by atoms with Crippen molar-refractivity contribution in [1.29, 1.82) is 5.26 Å². The van der Waals surface area contributed by atoms with Crippen LogP contribution in [0.4, 0.5) is 11.4 Å². The molecule has 5 heteroatoms. The number of rotatable bonds is 6. The first-order valence-electron chi connectivity index (χ1n) is 11.1. The van der Waals surface area contributed by atoms with Gasteiger partial charge in [-0.1, -0.05) is 60.1 Å². The standard InChI is InChI=1S/C30H20ClN3O/c31-28-19-29(21-11-15-24(16-12-21)33-23-7-3-1-4-8-23)34-30(27(28)20-32)22-13-17-26(18-14-22)35-25-9-5-2-6-10-25/h1-19,33H. The number of anilines is 2. The summed E-state index contributed by atoms with van der Waals surface area (Å²) in [5.74, 6) is 1.45. The first kappa shape index (κ1) is 22.2. The van der Waals surface area contributed by atoms with Crippen LogP contribution in [0.25, 0.3) is 22.5 Å². The Hall–Kier alpha value is -4.59. The highest BCUT2D eigenvalue weighted by Crippen LogP contribution is 2.33. The van der Waals surface area contributed by atoms with Gasteiger partial charge in [0, 0.05) is 22.5 Å². The van der Waals surface area contributed by atoms with Gasteiger partial charge in [-0.05, 0) is 66.7 Å². The van der Waals surface area contributed by atoms with Crippen molar-refractivity contribution in [2.75, 3.05) is 5.32 Å². The minimum atomic E-state index is 0.342. The van der Waals surface area contributed by atoms with Crippen LogP contribution in [0.15, 0.2) is 115 Å². The van der Waals surface area contributed by atoms with Gasteiger partial charge in [-0.2, -0.15) is 5.26 Å². The lowest BCUT2D eigenvalue weighted by Crippen LogP contribution is -1.95. The molecular weight excluding hydrogens is 454 g/mol. The van der Waals surface area contributed by atoms with Crippen LogP contribution in [-0.2, 0) is 0 Å². The smallest absolute Gasteiger partial charge is 0.127 e. The number of nitriles is 1. The van der Waals surface area contributed by atoms with Crippen molar-refractivity contribution in [2.45, 2.75) is 0 Å². The summed E-state index contributed by atoms with van der Waals surface area (Å²) in [6, 6.07) is 38.9. The quantitative estimate of drug-likeness (QED) is 0.268. The number of hydrogen-bond donors (Lipinski definition) is 1. The number of pyridine rings is 1. The van der Waals surface area contributed by atoms with E-state index in [1.54, 1.807) is 6.07 Å². The Labute approximate surface area is 209 Å². The van der Waals surface area contributed by atoms with E-state index in [0.29, 0.717) is 27.7 Å². The van der Waals surface area contributed by atoms with Crippen molar-refractivity contribution >= 4 is 23.0 Å². The van der Waals surface area contributed by atoms with Crippen molar-refractivity contribution in [3.63, 3.8) is 0 Å². The van der Waals surface area contributed by atoms with Gasteiger partial charge >= 0.3 is 0 Å². The van der Waals surface area contributed by atoms with E-state index >= 15 is 0 Å². The van der Waals surface area contributed by atoms with E-state index in [-0.39, 0.29) is 0 Å². The fraction of sp³-hybridized carbons (Fsp3) is 0. The van der Waals surface area contributed by atoms with Gasteiger partial charge in [-0.25, -0.2) is 4.98 Å². The Bertz CT molecular complexity index is 1480. The minimum absolute atomic E-state index is 0.342. The summed E-state index contributed by atoms with van der Waals surface area (Å²) in [6.45, 7) is 0. The normalized spacial score (nSPS) is 10.4. The third kappa shape index (κ3) is 5.16. The first-order valence-corrected chi connectivity index (χ1v) is 11.4. The highest BCUT2D eigenvalue weighted by atomic mass is 35.5. The van der Waals surface area contributed by atoms with E-state index in [9.17, 15) is 5.26 Å². The molecule has 0 aliphatic carbocycles. The summed E-state index contributed by atoms with van der Waals surface area (Å²) in [5.41, 5.74) is 5.24. The average molecular weight is 474 g/mol. The summed E-state index contributed by atoms with van der Waals surface area (Å²) in [5, 5.41) is 13.5. The minimum Gasteiger partial charge on any atom is -0.457 e. The predicted molar refractivity (Wildman–Crippen MR) is 141 cm³/mol. The van der Waals surface area contributed by atoms with Crippen LogP contribution >= 0.6 is 11.6 Å². The third-order valence-corrected chi connectivity index (χ3v) is 5.73. The van der Waals surface area contributed by atoms with Gasteiger partial charge in [0.2, 0.25) is 0 Å². The summed E-state index contributed by atoms with van der Waals surface area (Å²) < 4.78 is 5.88.